The first-order valence-corrected chi connectivity index (χ1v) is 18.2. The zero-order valence-corrected chi connectivity index (χ0v) is 28.2. The smallest absolute Gasteiger partial charge is 0.143 e. The second kappa shape index (κ2) is 11.4. The highest BCUT2D eigenvalue weighted by atomic mass is 32.1. The van der Waals surface area contributed by atoms with Crippen molar-refractivity contribution in [3.05, 3.63) is 168 Å². The molecular weight excluding hydrogens is 647 g/mol. The number of para-hydroxylation sites is 2. The molecule has 10 aromatic rings. The molecule has 0 radical (unpaired) electrons. The van der Waals surface area contributed by atoms with Gasteiger partial charge in [-0.15, -0.1) is 11.3 Å². The molecule has 4 heterocycles. The molecule has 0 bridgehead atoms. The van der Waals surface area contributed by atoms with Crippen molar-refractivity contribution in [3.8, 4) is 11.1 Å². The molecule has 3 atom stereocenters. The van der Waals surface area contributed by atoms with Crippen LogP contribution in [-0.4, -0.2) is 0 Å². The maximum absolute atomic E-state index is 6.49. The van der Waals surface area contributed by atoms with Gasteiger partial charge in [-0.25, -0.2) is 0 Å². The van der Waals surface area contributed by atoms with Gasteiger partial charge in [-0.3, -0.25) is 16.0 Å². The van der Waals surface area contributed by atoms with Crippen LogP contribution in [0.25, 0.3) is 75.2 Å². The maximum Gasteiger partial charge on any atom is 0.143 e. The number of hydrogen-bond acceptors (Lipinski definition) is 6. The normalized spacial score (nSPS) is 18.2. The van der Waals surface area contributed by atoms with Gasteiger partial charge in [-0.1, -0.05) is 115 Å². The number of hydrogen-bond donors (Lipinski definition) is 3. The first kappa shape index (κ1) is 29.0. The second-order valence-electron chi connectivity index (χ2n) is 13.4. The fraction of sp³-hybridized carbons (Fsp3) is 0.0667. The Bertz CT molecular complexity index is 2940. The van der Waals surface area contributed by atoms with E-state index in [1.165, 1.54) is 31.3 Å². The van der Waals surface area contributed by atoms with Crippen LogP contribution < -0.4 is 16.0 Å². The third-order valence-corrected chi connectivity index (χ3v) is 11.5. The van der Waals surface area contributed by atoms with E-state index in [0.717, 1.165) is 60.6 Å². The molecule has 3 unspecified atom stereocenters. The summed E-state index contributed by atoms with van der Waals surface area (Å²) in [6.45, 7) is 0. The quantitative estimate of drug-likeness (QED) is 0.173. The van der Waals surface area contributed by atoms with Crippen LogP contribution in [0, 0.1) is 0 Å². The number of thiophene rings is 1. The van der Waals surface area contributed by atoms with Crippen LogP contribution in [0.3, 0.4) is 0 Å². The third-order valence-electron chi connectivity index (χ3n) is 10.4. The molecule has 0 amide bonds. The standard InChI is InChI=1S/C45H31N3O2S/c1-2-10-26(11-3-1)43-46-44(48-45(47-43)28-20-22-31-30-13-5-7-19-39(30)51-40(31)25-28)27-21-23-37-35(24-27)41-32(14-9-18-38(41)49-37)34-16-8-15-33-29-12-4-6-17-36(29)50-42(33)34/h1-25,43-48H. The van der Waals surface area contributed by atoms with E-state index in [1.54, 1.807) is 0 Å². The van der Waals surface area contributed by atoms with E-state index in [2.05, 4.69) is 155 Å². The largest absolute Gasteiger partial charge is 0.456 e. The molecule has 1 aliphatic heterocycles. The molecule has 1 fully saturated rings. The van der Waals surface area contributed by atoms with Crippen molar-refractivity contribution in [2.24, 2.45) is 0 Å². The van der Waals surface area contributed by atoms with Gasteiger partial charge in [0.25, 0.3) is 0 Å². The van der Waals surface area contributed by atoms with Crippen LogP contribution in [0.4, 0.5) is 0 Å². The zero-order chi connectivity index (χ0) is 33.5. The van der Waals surface area contributed by atoms with E-state index in [4.69, 9.17) is 8.83 Å². The number of furan rings is 2. The first-order chi connectivity index (χ1) is 25.2. The summed E-state index contributed by atoms with van der Waals surface area (Å²) in [5, 5.41) is 18.7. The molecule has 51 heavy (non-hydrogen) atoms. The van der Waals surface area contributed by atoms with Crippen molar-refractivity contribution in [2.75, 3.05) is 0 Å². The average Bonchev–Trinajstić information content (AvgIpc) is 3.88. The van der Waals surface area contributed by atoms with Crippen molar-refractivity contribution < 1.29 is 8.83 Å². The Balaban J connectivity index is 1.04. The van der Waals surface area contributed by atoms with Crippen LogP contribution in [0.1, 0.15) is 35.2 Å². The summed E-state index contributed by atoms with van der Waals surface area (Å²) >= 11 is 1.85. The van der Waals surface area contributed by atoms with Crippen molar-refractivity contribution in [2.45, 2.75) is 18.5 Å². The first-order valence-electron chi connectivity index (χ1n) is 17.4. The highest BCUT2D eigenvalue weighted by Gasteiger charge is 2.30. The van der Waals surface area contributed by atoms with Gasteiger partial charge in [-0.05, 0) is 58.7 Å². The topological polar surface area (TPSA) is 62.4 Å². The SMILES string of the molecule is c1ccc(C2NC(c3ccc4c(c3)sc3ccccc34)NC(c3ccc4oc5cccc(-c6cccc7c6oc6ccccc67)c5c4c3)N2)cc1. The minimum absolute atomic E-state index is 0.0707. The molecule has 11 rings (SSSR count). The molecule has 1 saturated heterocycles. The van der Waals surface area contributed by atoms with E-state index in [-0.39, 0.29) is 18.5 Å². The number of fused-ring (bicyclic) bond motifs is 9. The van der Waals surface area contributed by atoms with Gasteiger partial charge in [0.05, 0.1) is 18.5 Å². The molecule has 0 spiro atoms. The Kier molecular flexibility index (Phi) is 6.48. The summed E-state index contributed by atoms with van der Waals surface area (Å²) in [5.74, 6) is 0. The lowest BCUT2D eigenvalue weighted by atomic mass is 9.96. The Labute approximate surface area is 297 Å². The molecule has 3 aromatic heterocycles. The fourth-order valence-electron chi connectivity index (χ4n) is 8.00. The minimum atomic E-state index is -0.139. The van der Waals surface area contributed by atoms with E-state index >= 15 is 0 Å². The van der Waals surface area contributed by atoms with Crippen molar-refractivity contribution in [3.63, 3.8) is 0 Å². The second-order valence-corrected chi connectivity index (χ2v) is 14.5. The summed E-state index contributed by atoms with van der Waals surface area (Å²) in [6, 6.07) is 53.7. The Morgan fingerprint density at radius 1 is 0.392 bits per heavy atom. The summed E-state index contributed by atoms with van der Waals surface area (Å²) < 4.78 is 15.6. The van der Waals surface area contributed by atoms with Crippen molar-refractivity contribution in [1.82, 2.24) is 16.0 Å². The predicted molar refractivity (Wildman–Crippen MR) is 210 cm³/mol. The lowest BCUT2D eigenvalue weighted by Gasteiger charge is -2.39. The molecule has 0 saturated carbocycles. The van der Waals surface area contributed by atoms with Gasteiger partial charge in [0.15, 0.2) is 0 Å². The third kappa shape index (κ3) is 4.65. The van der Waals surface area contributed by atoms with Crippen LogP contribution in [-0.2, 0) is 0 Å². The fourth-order valence-corrected chi connectivity index (χ4v) is 9.15. The van der Waals surface area contributed by atoms with Gasteiger partial charge in [0, 0.05) is 47.3 Å². The highest BCUT2D eigenvalue weighted by molar-refractivity contribution is 7.25. The summed E-state index contributed by atoms with van der Waals surface area (Å²) in [4.78, 5) is 0. The average molecular weight is 678 g/mol. The van der Waals surface area contributed by atoms with Crippen molar-refractivity contribution in [1.29, 1.82) is 0 Å². The van der Waals surface area contributed by atoms with Crippen LogP contribution in [0.5, 0.6) is 0 Å². The number of benzene rings is 7. The highest BCUT2D eigenvalue weighted by Crippen LogP contribution is 2.43. The lowest BCUT2D eigenvalue weighted by molar-refractivity contribution is 0.203. The number of rotatable bonds is 4. The van der Waals surface area contributed by atoms with Gasteiger partial charge < -0.3 is 8.83 Å². The summed E-state index contributed by atoms with van der Waals surface area (Å²) in [7, 11) is 0. The van der Waals surface area contributed by atoms with E-state index in [1.807, 2.05) is 23.5 Å². The predicted octanol–water partition coefficient (Wildman–Crippen LogP) is 11.7. The van der Waals surface area contributed by atoms with Crippen molar-refractivity contribution >= 4 is 75.4 Å². The maximum atomic E-state index is 6.49. The molecule has 1 aliphatic rings. The minimum Gasteiger partial charge on any atom is -0.456 e. The molecule has 5 nitrogen and oxygen atoms in total. The Morgan fingerprint density at radius 2 is 1.02 bits per heavy atom. The van der Waals surface area contributed by atoms with Crippen LogP contribution in [0.2, 0.25) is 0 Å². The summed E-state index contributed by atoms with van der Waals surface area (Å²) in [6.07, 6.45) is -0.299. The molecule has 3 N–H and O–H groups in total. The van der Waals surface area contributed by atoms with Gasteiger partial charge in [-0.2, -0.15) is 0 Å². The lowest BCUT2D eigenvalue weighted by Crippen LogP contribution is -2.54. The van der Waals surface area contributed by atoms with E-state index in [9.17, 15) is 0 Å². The molecule has 0 aliphatic carbocycles. The Hall–Kier alpha value is -5.76. The Morgan fingerprint density at radius 3 is 1.90 bits per heavy atom. The van der Waals surface area contributed by atoms with Crippen LogP contribution in [0.15, 0.2) is 160 Å². The van der Waals surface area contributed by atoms with E-state index in [0.29, 0.717) is 0 Å². The summed E-state index contributed by atoms with van der Waals surface area (Å²) in [5.41, 5.74) is 9.18. The molecular formula is C45H31N3O2S. The number of nitrogens with one attached hydrogen (secondary N) is 3. The monoisotopic (exact) mass is 677 g/mol. The molecule has 7 aromatic carbocycles. The van der Waals surface area contributed by atoms with Gasteiger partial charge in [0.2, 0.25) is 0 Å². The molecule has 244 valence electrons. The van der Waals surface area contributed by atoms with Gasteiger partial charge in [0.1, 0.15) is 22.3 Å². The van der Waals surface area contributed by atoms with E-state index < -0.39 is 0 Å². The molecule has 6 heteroatoms. The van der Waals surface area contributed by atoms with Gasteiger partial charge >= 0.3 is 0 Å². The van der Waals surface area contributed by atoms with Crippen LogP contribution >= 0.6 is 11.3 Å². The zero-order valence-electron chi connectivity index (χ0n) is 27.4.